The van der Waals surface area contributed by atoms with Gasteiger partial charge in [0.05, 0.1) is 35.9 Å². The SMILES string of the molecule is CCCSc1ccc(-c2nc3cc(C(=O)OC)ccc3[nH]2)c(OCC)c1. The molecule has 0 atom stereocenters. The zero-order chi connectivity index (χ0) is 18.5. The molecule has 0 aliphatic heterocycles. The van der Waals surface area contributed by atoms with Gasteiger partial charge in [0.15, 0.2) is 0 Å². The minimum atomic E-state index is -0.372. The number of hydrogen-bond donors (Lipinski definition) is 1. The van der Waals surface area contributed by atoms with Gasteiger partial charge in [-0.15, -0.1) is 11.8 Å². The summed E-state index contributed by atoms with van der Waals surface area (Å²) in [5.74, 6) is 2.23. The van der Waals surface area contributed by atoms with E-state index in [1.165, 1.54) is 12.0 Å². The van der Waals surface area contributed by atoms with E-state index >= 15 is 0 Å². The number of nitrogens with one attached hydrogen (secondary N) is 1. The van der Waals surface area contributed by atoms with Gasteiger partial charge >= 0.3 is 5.97 Å². The number of ether oxygens (including phenoxy) is 2. The van der Waals surface area contributed by atoms with Crippen molar-refractivity contribution in [1.82, 2.24) is 9.97 Å². The molecule has 1 N–H and O–H groups in total. The second kappa shape index (κ2) is 8.27. The molecule has 0 amide bonds. The number of imidazole rings is 1. The Morgan fingerprint density at radius 2 is 2.04 bits per heavy atom. The summed E-state index contributed by atoms with van der Waals surface area (Å²) in [6, 6.07) is 11.5. The highest BCUT2D eigenvalue weighted by Crippen LogP contribution is 2.34. The van der Waals surface area contributed by atoms with Crippen molar-refractivity contribution in [2.75, 3.05) is 19.5 Å². The monoisotopic (exact) mass is 370 g/mol. The molecular weight excluding hydrogens is 348 g/mol. The highest BCUT2D eigenvalue weighted by atomic mass is 32.2. The molecule has 0 saturated heterocycles. The van der Waals surface area contributed by atoms with Crippen molar-refractivity contribution in [2.24, 2.45) is 0 Å². The van der Waals surface area contributed by atoms with Crippen LogP contribution in [-0.2, 0) is 4.74 Å². The Balaban J connectivity index is 2.00. The lowest BCUT2D eigenvalue weighted by Crippen LogP contribution is -2.00. The molecule has 2 aromatic carbocycles. The van der Waals surface area contributed by atoms with Crippen LogP contribution in [0.1, 0.15) is 30.6 Å². The smallest absolute Gasteiger partial charge is 0.337 e. The van der Waals surface area contributed by atoms with E-state index < -0.39 is 0 Å². The van der Waals surface area contributed by atoms with Gasteiger partial charge in [-0.3, -0.25) is 0 Å². The molecule has 1 aromatic heterocycles. The average molecular weight is 370 g/mol. The maximum absolute atomic E-state index is 11.7. The Morgan fingerprint density at radius 3 is 2.77 bits per heavy atom. The van der Waals surface area contributed by atoms with Crippen molar-refractivity contribution in [3.8, 4) is 17.1 Å². The lowest BCUT2D eigenvalue weighted by atomic mass is 10.2. The van der Waals surface area contributed by atoms with Crippen molar-refractivity contribution in [3.63, 3.8) is 0 Å². The van der Waals surface area contributed by atoms with Crippen LogP contribution in [0.3, 0.4) is 0 Å². The molecule has 3 aromatic rings. The zero-order valence-electron chi connectivity index (χ0n) is 15.2. The second-order valence-electron chi connectivity index (χ2n) is 5.75. The van der Waals surface area contributed by atoms with Gasteiger partial charge in [0.25, 0.3) is 0 Å². The summed E-state index contributed by atoms with van der Waals surface area (Å²) in [6.07, 6.45) is 1.13. The molecule has 0 fully saturated rings. The number of benzene rings is 2. The van der Waals surface area contributed by atoms with E-state index in [1.807, 2.05) is 30.8 Å². The Morgan fingerprint density at radius 1 is 1.19 bits per heavy atom. The van der Waals surface area contributed by atoms with E-state index in [9.17, 15) is 4.79 Å². The van der Waals surface area contributed by atoms with Gasteiger partial charge in [0.2, 0.25) is 0 Å². The standard InChI is InChI=1S/C20H22N2O3S/c1-4-10-26-14-7-8-15(18(12-14)25-5-2)19-21-16-9-6-13(20(23)24-3)11-17(16)22-19/h6-9,11-12H,4-5,10H2,1-3H3,(H,21,22). The van der Waals surface area contributed by atoms with Crippen molar-refractivity contribution in [2.45, 2.75) is 25.2 Å². The molecule has 0 spiro atoms. The van der Waals surface area contributed by atoms with E-state index in [4.69, 9.17) is 9.47 Å². The Hall–Kier alpha value is -2.47. The van der Waals surface area contributed by atoms with Gasteiger partial charge < -0.3 is 14.5 Å². The van der Waals surface area contributed by atoms with Gasteiger partial charge in [0, 0.05) is 4.90 Å². The molecule has 136 valence electrons. The molecule has 0 aliphatic rings. The molecule has 26 heavy (non-hydrogen) atoms. The number of fused-ring (bicyclic) bond motifs is 1. The van der Waals surface area contributed by atoms with E-state index in [0.717, 1.165) is 40.3 Å². The molecule has 0 radical (unpaired) electrons. The number of aromatic amines is 1. The number of esters is 1. The summed E-state index contributed by atoms with van der Waals surface area (Å²) < 4.78 is 10.6. The number of H-pyrrole nitrogens is 1. The fourth-order valence-corrected chi connectivity index (χ4v) is 3.46. The maximum Gasteiger partial charge on any atom is 0.337 e. The van der Waals surface area contributed by atoms with E-state index in [0.29, 0.717) is 12.2 Å². The third-order valence-electron chi connectivity index (χ3n) is 3.89. The maximum atomic E-state index is 11.7. The average Bonchev–Trinajstić information content (AvgIpc) is 3.09. The number of carbonyl (C=O) groups excluding carboxylic acids is 1. The molecule has 5 nitrogen and oxygen atoms in total. The van der Waals surface area contributed by atoms with Crippen LogP contribution in [-0.4, -0.2) is 35.4 Å². The number of aromatic nitrogens is 2. The number of rotatable bonds is 7. The molecule has 3 rings (SSSR count). The third-order valence-corrected chi connectivity index (χ3v) is 5.08. The Bertz CT molecular complexity index is 921. The highest BCUT2D eigenvalue weighted by molar-refractivity contribution is 7.99. The van der Waals surface area contributed by atoms with E-state index in [1.54, 1.807) is 12.1 Å². The van der Waals surface area contributed by atoms with Gasteiger partial charge in [0.1, 0.15) is 11.6 Å². The molecule has 0 aliphatic carbocycles. The van der Waals surface area contributed by atoms with Crippen molar-refractivity contribution in [1.29, 1.82) is 0 Å². The van der Waals surface area contributed by atoms with Gasteiger partial charge in [-0.05, 0) is 55.5 Å². The molecule has 0 saturated carbocycles. The topological polar surface area (TPSA) is 64.2 Å². The Labute approximate surface area is 157 Å². The normalized spacial score (nSPS) is 10.9. The summed E-state index contributed by atoms with van der Waals surface area (Å²) >= 11 is 1.82. The summed E-state index contributed by atoms with van der Waals surface area (Å²) in [4.78, 5) is 20.9. The predicted molar refractivity (Wildman–Crippen MR) is 105 cm³/mol. The number of hydrogen-bond acceptors (Lipinski definition) is 5. The Kier molecular flexibility index (Phi) is 5.83. The fourth-order valence-electron chi connectivity index (χ4n) is 2.66. The van der Waals surface area contributed by atoms with Crippen LogP contribution in [0.15, 0.2) is 41.3 Å². The van der Waals surface area contributed by atoms with Gasteiger partial charge in [-0.25, -0.2) is 9.78 Å². The van der Waals surface area contributed by atoms with Gasteiger partial charge in [-0.1, -0.05) is 6.92 Å². The number of methoxy groups -OCH3 is 1. The zero-order valence-corrected chi connectivity index (χ0v) is 16.0. The molecule has 0 unspecified atom stereocenters. The van der Waals surface area contributed by atoms with Crippen LogP contribution in [0.4, 0.5) is 0 Å². The van der Waals surface area contributed by atoms with Crippen LogP contribution in [0.25, 0.3) is 22.4 Å². The summed E-state index contributed by atoms with van der Waals surface area (Å²) in [5.41, 5.74) is 2.97. The van der Waals surface area contributed by atoms with Crippen molar-refractivity contribution >= 4 is 28.8 Å². The molecule has 0 bridgehead atoms. The summed E-state index contributed by atoms with van der Waals surface area (Å²) in [5, 5.41) is 0. The fraction of sp³-hybridized carbons (Fsp3) is 0.300. The van der Waals surface area contributed by atoms with Gasteiger partial charge in [-0.2, -0.15) is 0 Å². The van der Waals surface area contributed by atoms with Crippen LogP contribution in [0.2, 0.25) is 0 Å². The second-order valence-corrected chi connectivity index (χ2v) is 6.92. The largest absolute Gasteiger partial charge is 0.493 e. The minimum Gasteiger partial charge on any atom is -0.493 e. The highest BCUT2D eigenvalue weighted by Gasteiger charge is 2.14. The minimum absolute atomic E-state index is 0.372. The lowest BCUT2D eigenvalue weighted by Gasteiger charge is -2.10. The van der Waals surface area contributed by atoms with Crippen LogP contribution < -0.4 is 4.74 Å². The van der Waals surface area contributed by atoms with Crippen molar-refractivity contribution in [3.05, 3.63) is 42.0 Å². The first-order valence-corrected chi connectivity index (χ1v) is 9.63. The summed E-state index contributed by atoms with van der Waals surface area (Å²) in [6.45, 7) is 4.72. The predicted octanol–water partition coefficient (Wildman–Crippen LogP) is 4.92. The first-order valence-electron chi connectivity index (χ1n) is 8.64. The van der Waals surface area contributed by atoms with Crippen LogP contribution in [0, 0.1) is 0 Å². The van der Waals surface area contributed by atoms with Crippen LogP contribution >= 0.6 is 11.8 Å². The third kappa shape index (κ3) is 3.85. The van der Waals surface area contributed by atoms with Crippen molar-refractivity contribution < 1.29 is 14.3 Å². The number of nitrogens with zero attached hydrogens (tertiary/aromatic N) is 1. The first-order chi connectivity index (χ1) is 12.7. The molecule has 6 heteroatoms. The molecule has 1 heterocycles. The summed E-state index contributed by atoms with van der Waals surface area (Å²) in [7, 11) is 1.37. The number of thioether (sulfide) groups is 1. The first kappa shape index (κ1) is 18.3. The lowest BCUT2D eigenvalue weighted by molar-refractivity contribution is 0.0601. The molecular formula is C20H22N2O3S. The van der Waals surface area contributed by atoms with E-state index in [-0.39, 0.29) is 5.97 Å². The van der Waals surface area contributed by atoms with Crippen LogP contribution in [0.5, 0.6) is 5.75 Å². The quantitative estimate of drug-likeness (QED) is 0.472. The number of carbonyl (C=O) groups is 1. The van der Waals surface area contributed by atoms with E-state index in [2.05, 4.69) is 29.0 Å².